The third kappa shape index (κ3) is 2.91. The van der Waals surface area contributed by atoms with E-state index in [1.54, 1.807) is 48.8 Å². The van der Waals surface area contributed by atoms with Crippen LogP contribution >= 0.6 is 11.6 Å². The zero-order valence-corrected chi connectivity index (χ0v) is 14.1. The van der Waals surface area contributed by atoms with Crippen molar-refractivity contribution >= 4 is 29.0 Å². The molecule has 4 aromatic rings. The first-order chi connectivity index (χ1) is 12.7. The van der Waals surface area contributed by atoms with Crippen LogP contribution in [0.4, 0.5) is 10.2 Å². The van der Waals surface area contributed by atoms with E-state index in [1.165, 1.54) is 15.4 Å². The summed E-state index contributed by atoms with van der Waals surface area (Å²) in [6.07, 6.45) is 4.58. The topological polar surface area (TPSA) is 77.1 Å². The molecule has 9 heteroatoms. The van der Waals surface area contributed by atoms with E-state index in [2.05, 4.69) is 20.5 Å². The number of fused-ring (bicyclic) bond motifs is 1. The Morgan fingerprint density at radius 2 is 2.12 bits per heavy atom. The first-order valence-corrected chi connectivity index (χ1v) is 8.04. The molecule has 7 nitrogen and oxygen atoms in total. The minimum absolute atomic E-state index is 0.264. The fraction of sp³-hybridized carbons (Fsp3) is 0.0588. The number of anilines is 1. The smallest absolute Gasteiger partial charge is 0.262 e. The summed E-state index contributed by atoms with van der Waals surface area (Å²) in [6.45, 7) is -0.578. The van der Waals surface area contributed by atoms with Crippen LogP contribution in [0.15, 0.2) is 55.0 Å². The minimum atomic E-state index is -0.578. The maximum atomic E-state index is 12.9. The van der Waals surface area contributed by atoms with Gasteiger partial charge in [-0.1, -0.05) is 23.7 Å². The fourth-order valence-corrected chi connectivity index (χ4v) is 2.70. The van der Waals surface area contributed by atoms with Crippen molar-refractivity contribution in [1.82, 2.24) is 24.4 Å². The van der Waals surface area contributed by atoms with Crippen LogP contribution in [-0.2, 0) is 6.67 Å². The Morgan fingerprint density at radius 1 is 1.23 bits per heavy atom. The molecule has 3 heterocycles. The lowest BCUT2D eigenvalue weighted by molar-refractivity contribution is 0.102. The maximum Gasteiger partial charge on any atom is 0.262 e. The zero-order valence-electron chi connectivity index (χ0n) is 13.3. The molecule has 3 aromatic heterocycles. The number of amides is 1. The highest BCUT2D eigenvalue weighted by molar-refractivity contribution is 6.29. The summed E-state index contributed by atoms with van der Waals surface area (Å²) in [7, 11) is 0. The number of hydrogen-bond acceptors (Lipinski definition) is 4. The first-order valence-electron chi connectivity index (χ1n) is 7.66. The van der Waals surface area contributed by atoms with Crippen molar-refractivity contribution in [3.05, 3.63) is 71.3 Å². The number of aromatic nitrogens is 5. The van der Waals surface area contributed by atoms with E-state index in [4.69, 9.17) is 11.6 Å². The summed E-state index contributed by atoms with van der Waals surface area (Å²) in [4.78, 5) is 16.8. The Bertz CT molecular complexity index is 1110. The highest BCUT2D eigenvalue weighted by atomic mass is 35.5. The summed E-state index contributed by atoms with van der Waals surface area (Å²) < 4.78 is 15.9. The molecule has 130 valence electrons. The molecule has 0 saturated carbocycles. The number of halogens is 2. The average Bonchev–Trinajstić information content (AvgIpc) is 3.28. The zero-order chi connectivity index (χ0) is 18.1. The molecule has 0 spiro atoms. The van der Waals surface area contributed by atoms with E-state index in [0.29, 0.717) is 22.7 Å². The van der Waals surface area contributed by atoms with Crippen LogP contribution in [0.25, 0.3) is 11.3 Å². The molecular weight excluding hydrogens is 359 g/mol. The molecule has 0 unspecified atom stereocenters. The van der Waals surface area contributed by atoms with Gasteiger partial charge in [0.15, 0.2) is 5.65 Å². The molecule has 0 bridgehead atoms. The third-order valence-electron chi connectivity index (χ3n) is 3.77. The number of nitrogens with one attached hydrogen (secondary N) is 1. The summed E-state index contributed by atoms with van der Waals surface area (Å²) in [5.74, 6) is 0.0329. The monoisotopic (exact) mass is 370 g/mol. The Morgan fingerprint density at radius 3 is 2.96 bits per heavy atom. The normalized spacial score (nSPS) is 11.0. The Kier molecular flexibility index (Phi) is 4.10. The molecule has 0 aliphatic rings. The molecule has 1 amide bonds. The highest BCUT2D eigenvalue weighted by Gasteiger charge is 2.16. The van der Waals surface area contributed by atoms with Crippen LogP contribution in [0.2, 0.25) is 5.15 Å². The molecule has 0 radical (unpaired) electrons. The number of carbonyl (C=O) groups is 1. The lowest BCUT2D eigenvalue weighted by Crippen LogP contribution is -2.15. The van der Waals surface area contributed by atoms with Gasteiger partial charge in [0, 0.05) is 12.3 Å². The lowest BCUT2D eigenvalue weighted by Gasteiger charge is -2.09. The Balaban J connectivity index is 1.66. The van der Waals surface area contributed by atoms with Gasteiger partial charge in [-0.3, -0.25) is 4.79 Å². The van der Waals surface area contributed by atoms with Crippen LogP contribution in [0, 0.1) is 0 Å². The number of rotatable bonds is 4. The van der Waals surface area contributed by atoms with Gasteiger partial charge in [0.1, 0.15) is 23.2 Å². The number of hydrogen-bond donors (Lipinski definition) is 1. The Hall–Kier alpha value is -3.26. The number of nitrogens with zero attached hydrogens (tertiary/aromatic N) is 5. The largest absolute Gasteiger partial charge is 0.306 e. The number of alkyl halides is 1. The van der Waals surface area contributed by atoms with Gasteiger partial charge in [-0.05, 0) is 23.8 Å². The first kappa shape index (κ1) is 16.2. The Labute approximate surface area is 152 Å². The predicted molar refractivity (Wildman–Crippen MR) is 94.3 cm³/mol. The SMILES string of the molecule is O=C(Nc1ccnn1-c1cccc(CF)c1)c1cnn2ccc(Cl)nc12. The van der Waals surface area contributed by atoms with E-state index in [-0.39, 0.29) is 10.7 Å². The quantitative estimate of drug-likeness (QED) is 0.559. The standard InChI is InChI=1S/C17H12ClFN6O/c18-14-5-7-24-16(22-14)13(10-21-24)17(26)23-15-4-6-20-25(15)12-3-1-2-11(8-12)9-19/h1-8,10H,9H2,(H,23,26). The molecule has 0 atom stereocenters. The maximum absolute atomic E-state index is 12.9. The van der Waals surface area contributed by atoms with Crippen molar-refractivity contribution in [1.29, 1.82) is 0 Å². The molecule has 0 fully saturated rings. The molecule has 1 aromatic carbocycles. The molecule has 1 N–H and O–H groups in total. The second-order valence-electron chi connectivity index (χ2n) is 5.46. The van der Waals surface area contributed by atoms with Crippen molar-refractivity contribution in [3.63, 3.8) is 0 Å². The predicted octanol–water partition coefficient (Wildman–Crippen LogP) is 3.29. The molecule has 0 aliphatic heterocycles. The van der Waals surface area contributed by atoms with Crippen LogP contribution in [0.5, 0.6) is 0 Å². The van der Waals surface area contributed by atoms with E-state index >= 15 is 0 Å². The molecule has 4 rings (SSSR count). The van der Waals surface area contributed by atoms with Crippen molar-refractivity contribution in [2.75, 3.05) is 5.32 Å². The van der Waals surface area contributed by atoms with Crippen LogP contribution in [0.3, 0.4) is 0 Å². The van der Waals surface area contributed by atoms with Gasteiger partial charge in [-0.25, -0.2) is 18.6 Å². The van der Waals surface area contributed by atoms with Crippen LogP contribution in [0.1, 0.15) is 15.9 Å². The van der Waals surface area contributed by atoms with Gasteiger partial charge in [0.05, 0.1) is 18.1 Å². The van der Waals surface area contributed by atoms with Crippen LogP contribution in [-0.4, -0.2) is 30.3 Å². The van der Waals surface area contributed by atoms with Gasteiger partial charge in [0.25, 0.3) is 5.91 Å². The second kappa shape index (κ2) is 6.57. The van der Waals surface area contributed by atoms with Crippen molar-refractivity contribution in [3.8, 4) is 5.69 Å². The lowest BCUT2D eigenvalue weighted by atomic mass is 10.2. The van der Waals surface area contributed by atoms with E-state index in [9.17, 15) is 9.18 Å². The van der Waals surface area contributed by atoms with Crippen molar-refractivity contribution in [2.45, 2.75) is 6.67 Å². The van der Waals surface area contributed by atoms with Crippen molar-refractivity contribution < 1.29 is 9.18 Å². The number of benzene rings is 1. The molecular formula is C17H12ClFN6O. The fourth-order valence-electron chi connectivity index (χ4n) is 2.57. The molecule has 26 heavy (non-hydrogen) atoms. The van der Waals surface area contributed by atoms with Crippen LogP contribution < -0.4 is 5.32 Å². The van der Waals surface area contributed by atoms with Gasteiger partial charge < -0.3 is 5.32 Å². The third-order valence-corrected chi connectivity index (χ3v) is 3.98. The summed E-state index contributed by atoms with van der Waals surface area (Å²) in [5, 5.41) is 11.3. The summed E-state index contributed by atoms with van der Waals surface area (Å²) in [6, 6.07) is 10.1. The molecule has 0 aliphatic carbocycles. The van der Waals surface area contributed by atoms with Gasteiger partial charge in [-0.2, -0.15) is 10.2 Å². The highest BCUT2D eigenvalue weighted by Crippen LogP contribution is 2.19. The van der Waals surface area contributed by atoms with E-state index < -0.39 is 12.6 Å². The van der Waals surface area contributed by atoms with E-state index in [0.717, 1.165) is 0 Å². The minimum Gasteiger partial charge on any atom is -0.306 e. The van der Waals surface area contributed by atoms with Gasteiger partial charge >= 0.3 is 0 Å². The van der Waals surface area contributed by atoms with Gasteiger partial charge in [-0.15, -0.1) is 0 Å². The number of carbonyl (C=O) groups excluding carboxylic acids is 1. The average molecular weight is 371 g/mol. The molecule has 0 saturated heterocycles. The van der Waals surface area contributed by atoms with Crippen molar-refractivity contribution in [2.24, 2.45) is 0 Å². The summed E-state index contributed by atoms with van der Waals surface area (Å²) in [5.41, 5.74) is 1.79. The second-order valence-corrected chi connectivity index (χ2v) is 5.85. The summed E-state index contributed by atoms with van der Waals surface area (Å²) >= 11 is 5.90. The van der Waals surface area contributed by atoms with E-state index in [1.807, 2.05) is 0 Å². The van der Waals surface area contributed by atoms with Gasteiger partial charge in [0.2, 0.25) is 0 Å².